The highest BCUT2D eigenvalue weighted by atomic mass is 32.2. The molecule has 0 aliphatic rings. The fourth-order valence-electron chi connectivity index (χ4n) is 3.25. The van der Waals surface area contributed by atoms with Crippen molar-refractivity contribution >= 4 is 43.8 Å². The molecule has 0 bridgehead atoms. The zero-order valence-corrected chi connectivity index (χ0v) is 16.8. The summed E-state index contributed by atoms with van der Waals surface area (Å²) in [6, 6.07) is 16.3. The predicted molar refractivity (Wildman–Crippen MR) is 117 cm³/mol. The summed E-state index contributed by atoms with van der Waals surface area (Å²) >= 11 is 0. The smallest absolute Gasteiger partial charge is 0.244 e. The molecule has 0 spiro atoms. The molecule has 30 heavy (non-hydrogen) atoms. The van der Waals surface area contributed by atoms with E-state index in [1.54, 1.807) is 24.4 Å². The number of primary sulfonamides is 1. The largest absolute Gasteiger partial charge is 0.353 e. The third-order valence-electron chi connectivity index (χ3n) is 4.78. The number of aromatic nitrogens is 2. The van der Waals surface area contributed by atoms with Crippen LogP contribution in [-0.2, 0) is 21.2 Å². The van der Waals surface area contributed by atoms with Gasteiger partial charge in [-0.3, -0.25) is 9.78 Å². The third kappa shape index (κ3) is 4.40. The number of rotatable bonds is 6. The molecule has 4 rings (SSSR count). The van der Waals surface area contributed by atoms with Gasteiger partial charge >= 0.3 is 0 Å². The molecular formula is C22H20N4O3S. The molecule has 2 heterocycles. The van der Waals surface area contributed by atoms with Gasteiger partial charge in [0.15, 0.2) is 0 Å². The summed E-state index contributed by atoms with van der Waals surface area (Å²) in [6.45, 7) is 0.423. The van der Waals surface area contributed by atoms with Crippen molar-refractivity contribution in [2.45, 2.75) is 11.3 Å². The van der Waals surface area contributed by atoms with Gasteiger partial charge in [-0.25, -0.2) is 13.6 Å². The Morgan fingerprint density at radius 2 is 1.83 bits per heavy atom. The summed E-state index contributed by atoms with van der Waals surface area (Å²) in [5.41, 5.74) is 3.59. The number of hydrogen-bond acceptors (Lipinski definition) is 4. The minimum Gasteiger partial charge on any atom is -0.353 e. The Morgan fingerprint density at radius 1 is 1.07 bits per heavy atom. The normalized spacial score (nSPS) is 12.0. The molecule has 0 saturated carbocycles. The molecule has 0 saturated heterocycles. The summed E-state index contributed by atoms with van der Waals surface area (Å²) < 4.78 is 22.5. The van der Waals surface area contributed by atoms with Gasteiger partial charge in [0.2, 0.25) is 15.9 Å². The standard InChI is InChI=1S/C22H20N4O3S/c23-30(28,29)17-8-5-15(6-9-17)11-12-24-22(27)10-7-16-13-19-18-3-1-2-4-20(18)26-21(19)14-25-16/h1-10,13-14,26H,11-12H2,(H,24,27)(H2,23,28,29)/b10-7+. The van der Waals surface area contributed by atoms with Gasteiger partial charge in [-0.15, -0.1) is 0 Å². The molecule has 4 aromatic rings. The van der Waals surface area contributed by atoms with Crippen LogP contribution < -0.4 is 10.5 Å². The van der Waals surface area contributed by atoms with Crippen molar-refractivity contribution in [3.63, 3.8) is 0 Å². The zero-order chi connectivity index (χ0) is 21.1. The number of nitrogens with two attached hydrogens (primary N) is 1. The SMILES string of the molecule is NS(=O)(=O)c1ccc(CCNC(=O)/C=C/c2cc3c(cn2)[nH]c2ccccc23)cc1. The van der Waals surface area contributed by atoms with E-state index < -0.39 is 10.0 Å². The Bertz CT molecular complexity index is 1360. The molecule has 8 heteroatoms. The number of benzene rings is 2. The molecule has 7 nitrogen and oxygen atoms in total. The van der Waals surface area contributed by atoms with Crippen LogP contribution in [0.4, 0.5) is 0 Å². The molecule has 2 aromatic carbocycles. The van der Waals surface area contributed by atoms with Gasteiger partial charge in [0.1, 0.15) is 0 Å². The maximum Gasteiger partial charge on any atom is 0.244 e. The van der Waals surface area contributed by atoms with Crippen LogP contribution in [-0.4, -0.2) is 30.8 Å². The van der Waals surface area contributed by atoms with Crippen molar-refractivity contribution in [3.05, 3.63) is 78.1 Å². The first kappa shape index (κ1) is 19.8. The number of amides is 1. The van der Waals surface area contributed by atoms with Crippen LogP contribution in [0.5, 0.6) is 0 Å². The number of para-hydroxylation sites is 1. The lowest BCUT2D eigenvalue weighted by molar-refractivity contribution is -0.116. The van der Waals surface area contributed by atoms with Crippen LogP contribution in [0.3, 0.4) is 0 Å². The average molecular weight is 420 g/mol. The Labute approximate surface area is 173 Å². The van der Waals surface area contributed by atoms with Crippen molar-refractivity contribution in [2.75, 3.05) is 6.54 Å². The van der Waals surface area contributed by atoms with Crippen LogP contribution in [0.25, 0.3) is 27.9 Å². The number of pyridine rings is 1. The number of H-pyrrole nitrogens is 1. The van der Waals surface area contributed by atoms with E-state index in [1.165, 1.54) is 18.2 Å². The van der Waals surface area contributed by atoms with Gasteiger partial charge in [0, 0.05) is 28.9 Å². The molecule has 4 N–H and O–H groups in total. The van der Waals surface area contributed by atoms with Gasteiger partial charge in [0.25, 0.3) is 0 Å². The Kier molecular flexibility index (Phi) is 5.35. The molecule has 0 aliphatic heterocycles. The number of carbonyl (C=O) groups is 1. The molecule has 2 aromatic heterocycles. The fraction of sp³-hybridized carbons (Fsp3) is 0.0909. The van der Waals surface area contributed by atoms with Gasteiger partial charge in [-0.2, -0.15) is 0 Å². The van der Waals surface area contributed by atoms with Crippen molar-refractivity contribution in [1.29, 1.82) is 0 Å². The van der Waals surface area contributed by atoms with E-state index >= 15 is 0 Å². The number of aromatic amines is 1. The fourth-order valence-corrected chi connectivity index (χ4v) is 3.77. The topological polar surface area (TPSA) is 118 Å². The molecule has 0 unspecified atom stereocenters. The molecule has 0 aliphatic carbocycles. The highest BCUT2D eigenvalue weighted by Crippen LogP contribution is 2.25. The Morgan fingerprint density at radius 3 is 2.60 bits per heavy atom. The average Bonchev–Trinajstić information content (AvgIpc) is 3.10. The minimum absolute atomic E-state index is 0.0675. The summed E-state index contributed by atoms with van der Waals surface area (Å²) in [5, 5.41) is 10.1. The van der Waals surface area contributed by atoms with E-state index in [0.29, 0.717) is 18.7 Å². The van der Waals surface area contributed by atoms with Crippen LogP contribution in [0, 0.1) is 0 Å². The number of carbonyl (C=O) groups excluding carboxylic acids is 1. The lowest BCUT2D eigenvalue weighted by atomic mass is 10.1. The zero-order valence-electron chi connectivity index (χ0n) is 16.0. The molecule has 152 valence electrons. The van der Waals surface area contributed by atoms with Crippen molar-refractivity contribution in [2.24, 2.45) is 5.14 Å². The van der Waals surface area contributed by atoms with Gasteiger partial charge in [-0.05, 0) is 42.3 Å². The molecule has 1 amide bonds. The maximum absolute atomic E-state index is 12.1. The maximum atomic E-state index is 12.1. The van der Waals surface area contributed by atoms with Gasteiger partial charge in [-0.1, -0.05) is 30.3 Å². The van der Waals surface area contributed by atoms with E-state index in [1.807, 2.05) is 30.3 Å². The van der Waals surface area contributed by atoms with Crippen molar-refractivity contribution in [3.8, 4) is 0 Å². The number of hydrogen-bond donors (Lipinski definition) is 3. The lowest BCUT2D eigenvalue weighted by Crippen LogP contribution is -2.23. The van der Waals surface area contributed by atoms with E-state index in [-0.39, 0.29) is 10.8 Å². The van der Waals surface area contributed by atoms with Gasteiger partial charge < -0.3 is 10.3 Å². The van der Waals surface area contributed by atoms with E-state index in [4.69, 9.17) is 5.14 Å². The number of nitrogens with zero attached hydrogens (tertiary/aromatic N) is 1. The number of nitrogens with one attached hydrogen (secondary N) is 2. The van der Waals surface area contributed by atoms with E-state index in [2.05, 4.69) is 15.3 Å². The first-order valence-corrected chi connectivity index (χ1v) is 10.9. The molecular weight excluding hydrogens is 400 g/mol. The third-order valence-corrected chi connectivity index (χ3v) is 5.71. The van der Waals surface area contributed by atoms with Gasteiger partial charge in [0.05, 0.1) is 22.3 Å². The first-order valence-electron chi connectivity index (χ1n) is 9.34. The molecule has 0 fully saturated rings. The highest BCUT2D eigenvalue weighted by molar-refractivity contribution is 7.89. The second-order valence-electron chi connectivity index (χ2n) is 6.89. The number of fused-ring (bicyclic) bond motifs is 3. The molecule has 0 radical (unpaired) electrons. The van der Waals surface area contributed by atoms with E-state index in [9.17, 15) is 13.2 Å². The van der Waals surface area contributed by atoms with Crippen LogP contribution >= 0.6 is 0 Å². The van der Waals surface area contributed by atoms with E-state index in [0.717, 1.165) is 27.4 Å². The van der Waals surface area contributed by atoms with Crippen molar-refractivity contribution < 1.29 is 13.2 Å². The summed E-state index contributed by atoms with van der Waals surface area (Å²) in [7, 11) is -3.70. The summed E-state index contributed by atoms with van der Waals surface area (Å²) in [5.74, 6) is -0.225. The number of sulfonamides is 1. The van der Waals surface area contributed by atoms with Crippen LogP contribution in [0.1, 0.15) is 11.3 Å². The van der Waals surface area contributed by atoms with Crippen LogP contribution in [0.15, 0.2) is 71.8 Å². The minimum atomic E-state index is -3.70. The summed E-state index contributed by atoms with van der Waals surface area (Å²) in [4.78, 5) is 19.8. The Balaban J connectivity index is 1.36. The second kappa shape index (κ2) is 8.10. The highest BCUT2D eigenvalue weighted by Gasteiger charge is 2.07. The molecule has 0 atom stereocenters. The predicted octanol–water partition coefficient (Wildman–Crippen LogP) is 2.74. The summed E-state index contributed by atoms with van der Waals surface area (Å²) in [6.07, 6.45) is 5.46. The van der Waals surface area contributed by atoms with Crippen LogP contribution in [0.2, 0.25) is 0 Å². The quantitative estimate of drug-likeness (QED) is 0.416. The second-order valence-corrected chi connectivity index (χ2v) is 8.45. The Hall–Kier alpha value is -3.49. The lowest BCUT2D eigenvalue weighted by Gasteiger charge is -2.04. The van der Waals surface area contributed by atoms with Crippen molar-refractivity contribution in [1.82, 2.24) is 15.3 Å². The first-order chi connectivity index (χ1) is 14.4. The monoisotopic (exact) mass is 420 g/mol.